The Labute approximate surface area is 114 Å². The Kier molecular flexibility index (Phi) is 4.38. The molecular formula is C13H15BrN2O2. The molecule has 5 heteroatoms. The molecule has 2 heterocycles. The molecule has 1 N–H and O–H groups in total. The van der Waals surface area contributed by atoms with Gasteiger partial charge >= 0.3 is 0 Å². The number of rotatable bonds is 5. The van der Waals surface area contributed by atoms with Gasteiger partial charge in [0.25, 0.3) is 0 Å². The van der Waals surface area contributed by atoms with Crippen LogP contribution in [0.2, 0.25) is 0 Å². The van der Waals surface area contributed by atoms with Gasteiger partial charge in [-0.1, -0.05) is 6.07 Å². The number of hydrogen-bond acceptors (Lipinski definition) is 4. The van der Waals surface area contributed by atoms with E-state index in [1.54, 1.807) is 13.3 Å². The van der Waals surface area contributed by atoms with Gasteiger partial charge in [0, 0.05) is 18.8 Å². The first-order valence-electron chi connectivity index (χ1n) is 5.66. The third-order valence-corrected chi connectivity index (χ3v) is 3.07. The second-order valence-electron chi connectivity index (χ2n) is 3.95. The van der Waals surface area contributed by atoms with Crippen molar-refractivity contribution in [3.05, 3.63) is 46.5 Å². The van der Waals surface area contributed by atoms with Crippen molar-refractivity contribution in [3.63, 3.8) is 0 Å². The minimum Gasteiger partial charge on any atom is -0.481 e. The molecule has 0 amide bonds. The van der Waals surface area contributed by atoms with E-state index in [0.29, 0.717) is 5.88 Å². The number of aromatic nitrogens is 1. The van der Waals surface area contributed by atoms with E-state index < -0.39 is 0 Å². The monoisotopic (exact) mass is 310 g/mol. The lowest BCUT2D eigenvalue weighted by molar-refractivity contribution is 0.396. The Morgan fingerprint density at radius 3 is 2.78 bits per heavy atom. The summed E-state index contributed by atoms with van der Waals surface area (Å²) in [5.74, 6) is 1.53. The van der Waals surface area contributed by atoms with Crippen LogP contribution >= 0.6 is 15.9 Å². The largest absolute Gasteiger partial charge is 0.481 e. The Hall–Kier alpha value is -1.33. The van der Waals surface area contributed by atoms with Crippen molar-refractivity contribution in [2.75, 3.05) is 7.11 Å². The predicted molar refractivity (Wildman–Crippen MR) is 72.5 cm³/mol. The fourth-order valence-corrected chi connectivity index (χ4v) is 1.89. The summed E-state index contributed by atoms with van der Waals surface area (Å²) in [5, 5.41) is 3.37. The third-order valence-electron chi connectivity index (χ3n) is 2.64. The lowest BCUT2D eigenvalue weighted by atomic mass is 10.2. The Morgan fingerprint density at radius 2 is 2.22 bits per heavy atom. The van der Waals surface area contributed by atoms with Gasteiger partial charge in [-0.2, -0.15) is 0 Å². The van der Waals surface area contributed by atoms with E-state index in [1.807, 2.05) is 24.3 Å². The molecule has 0 aliphatic heterocycles. The molecule has 2 rings (SSSR count). The molecule has 1 atom stereocenters. The molecule has 96 valence electrons. The van der Waals surface area contributed by atoms with Gasteiger partial charge in [0.1, 0.15) is 5.76 Å². The molecule has 4 nitrogen and oxygen atoms in total. The van der Waals surface area contributed by atoms with Gasteiger partial charge in [-0.05, 0) is 40.5 Å². The van der Waals surface area contributed by atoms with Crippen molar-refractivity contribution >= 4 is 15.9 Å². The van der Waals surface area contributed by atoms with Crippen LogP contribution in [0.4, 0.5) is 0 Å². The van der Waals surface area contributed by atoms with Crippen LogP contribution < -0.4 is 10.1 Å². The standard InChI is InChI=1S/C13H15BrN2O2/c1-9(11-4-5-12(14)18-11)15-7-10-3-6-13(17-2)16-8-10/h3-6,8-9,15H,7H2,1-2H3. The molecule has 18 heavy (non-hydrogen) atoms. The van der Waals surface area contributed by atoms with E-state index in [9.17, 15) is 0 Å². The maximum Gasteiger partial charge on any atom is 0.212 e. The van der Waals surface area contributed by atoms with E-state index >= 15 is 0 Å². The highest BCUT2D eigenvalue weighted by Crippen LogP contribution is 2.20. The minimum absolute atomic E-state index is 0.151. The number of furan rings is 1. The average molecular weight is 311 g/mol. The Morgan fingerprint density at radius 1 is 1.39 bits per heavy atom. The van der Waals surface area contributed by atoms with Crippen molar-refractivity contribution in [1.29, 1.82) is 0 Å². The molecule has 0 aromatic carbocycles. The number of pyridine rings is 1. The molecule has 0 bridgehead atoms. The second kappa shape index (κ2) is 6.02. The lowest BCUT2D eigenvalue weighted by Gasteiger charge is -2.11. The quantitative estimate of drug-likeness (QED) is 0.920. The fraction of sp³-hybridized carbons (Fsp3) is 0.308. The Bertz CT molecular complexity index is 496. The SMILES string of the molecule is COc1ccc(CNC(C)c2ccc(Br)o2)cn1. The van der Waals surface area contributed by atoms with Crippen molar-refractivity contribution in [2.45, 2.75) is 19.5 Å². The van der Waals surface area contributed by atoms with Gasteiger partial charge in [-0.25, -0.2) is 4.98 Å². The topological polar surface area (TPSA) is 47.3 Å². The van der Waals surface area contributed by atoms with Crippen LogP contribution in [0, 0.1) is 0 Å². The van der Waals surface area contributed by atoms with E-state index in [4.69, 9.17) is 9.15 Å². The smallest absolute Gasteiger partial charge is 0.212 e. The first-order valence-corrected chi connectivity index (χ1v) is 6.46. The van der Waals surface area contributed by atoms with Crippen molar-refractivity contribution < 1.29 is 9.15 Å². The molecule has 0 saturated heterocycles. The van der Waals surface area contributed by atoms with Gasteiger partial charge in [-0.15, -0.1) is 0 Å². The van der Waals surface area contributed by atoms with Crippen molar-refractivity contribution in [2.24, 2.45) is 0 Å². The predicted octanol–water partition coefficient (Wildman–Crippen LogP) is 3.30. The van der Waals surface area contributed by atoms with Gasteiger partial charge in [0.05, 0.1) is 13.2 Å². The molecule has 2 aromatic heterocycles. The molecular weight excluding hydrogens is 296 g/mol. The first kappa shape index (κ1) is 13.1. The number of nitrogens with zero attached hydrogens (tertiary/aromatic N) is 1. The van der Waals surface area contributed by atoms with Crippen LogP contribution in [0.25, 0.3) is 0 Å². The maximum absolute atomic E-state index is 5.49. The number of ether oxygens (including phenoxy) is 1. The van der Waals surface area contributed by atoms with Crippen LogP contribution in [0.1, 0.15) is 24.3 Å². The highest BCUT2D eigenvalue weighted by molar-refractivity contribution is 9.10. The summed E-state index contributed by atoms with van der Waals surface area (Å²) >= 11 is 3.29. The molecule has 0 aliphatic rings. The molecule has 0 spiro atoms. The molecule has 2 aromatic rings. The number of methoxy groups -OCH3 is 1. The zero-order valence-electron chi connectivity index (χ0n) is 10.3. The highest BCUT2D eigenvalue weighted by atomic mass is 79.9. The molecule has 0 radical (unpaired) electrons. The van der Waals surface area contributed by atoms with Crippen LogP contribution in [0.3, 0.4) is 0 Å². The second-order valence-corrected chi connectivity index (χ2v) is 4.73. The van der Waals surface area contributed by atoms with Gasteiger partial charge in [0.2, 0.25) is 5.88 Å². The number of nitrogens with one attached hydrogen (secondary N) is 1. The van der Waals surface area contributed by atoms with E-state index in [1.165, 1.54) is 0 Å². The van der Waals surface area contributed by atoms with E-state index in [-0.39, 0.29) is 6.04 Å². The summed E-state index contributed by atoms with van der Waals surface area (Å²) in [7, 11) is 1.61. The Balaban J connectivity index is 1.90. The molecule has 0 fully saturated rings. The van der Waals surface area contributed by atoms with Gasteiger partial charge in [0.15, 0.2) is 4.67 Å². The van der Waals surface area contributed by atoms with Gasteiger partial charge in [-0.3, -0.25) is 0 Å². The van der Waals surface area contributed by atoms with Gasteiger partial charge < -0.3 is 14.5 Å². The third kappa shape index (κ3) is 3.34. The normalized spacial score (nSPS) is 12.4. The average Bonchev–Trinajstić information content (AvgIpc) is 2.83. The zero-order valence-corrected chi connectivity index (χ0v) is 11.9. The maximum atomic E-state index is 5.49. The fourth-order valence-electron chi connectivity index (χ4n) is 1.57. The summed E-state index contributed by atoms with van der Waals surface area (Å²) in [6, 6.07) is 7.84. The summed E-state index contributed by atoms with van der Waals surface area (Å²) in [6.07, 6.45) is 1.80. The highest BCUT2D eigenvalue weighted by Gasteiger charge is 2.09. The van der Waals surface area contributed by atoms with E-state index in [2.05, 4.69) is 33.2 Å². The van der Waals surface area contributed by atoms with Crippen molar-refractivity contribution in [1.82, 2.24) is 10.3 Å². The van der Waals surface area contributed by atoms with Crippen LogP contribution in [-0.2, 0) is 6.54 Å². The number of hydrogen-bond donors (Lipinski definition) is 1. The summed E-state index contributed by atoms with van der Waals surface area (Å²) in [4.78, 5) is 4.16. The van der Waals surface area contributed by atoms with Crippen molar-refractivity contribution in [3.8, 4) is 5.88 Å². The summed E-state index contributed by atoms with van der Waals surface area (Å²) in [5.41, 5.74) is 1.10. The van der Waals surface area contributed by atoms with Crippen LogP contribution in [0.15, 0.2) is 39.5 Å². The lowest BCUT2D eigenvalue weighted by Crippen LogP contribution is -2.17. The zero-order chi connectivity index (χ0) is 13.0. The van der Waals surface area contributed by atoms with Crippen LogP contribution in [0.5, 0.6) is 5.88 Å². The van der Waals surface area contributed by atoms with E-state index in [0.717, 1.165) is 22.5 Å². The first-order chi connectivity index (χ1) is 8.69. The minimum atomic E-state index is 0.151. The molecule has 0 saturated carbocycles. The summed E-state index contributed by atoms with van der Waals surface area (Å²) < 4.78 is 11.3. The summed E-state index contributed by atoms with van der Waals surface area (Å²) in [6.45, 7) is 2.79. The number of halogens is 1. The van der Waals surface area contributed by atoms with Crippen LogP contribution in [-0.4, -0.2) is 12.1 Å². The molecule has 0 aliphatic carbocycles. The molecule has 1 unspecified atom stereocenters.